The van der Waals surface area contributed by atoms with Gasteiger partial charge >= 0.3 is 6.03 Å². The van der Waals surface area contributed by atoms with Crippen LogP contribution in [0.2, 0.25) is 0 Å². The van der Waals surface area contributed by atoms with E-state index < -0.39 is 20.6 Å². The quantitative estimate of drug-likeness (QED) is 0.323. The molecule has 42 heavy (non-hydrogen) atoms. The van der Waals surface area contributed by atoms with Crippen LogP contribution in [0.25, 0.3) is 11.4 Å². The van der Waals surface area contributed by atoms with E-state index in [1.807, 2.05) is 6.92 Å². The monoisotopic (exact) mass is 592 g/mol. The molecule has 13 nitrogen and oxygen atoms in total. The Labute approximate surface area is 243 Å². The molecule has 1 aliphatic heterocycles. The predicted octanol–water partition coefficient (Wildman–Crippen LogP) is 3.81. The van der Waals surface area contributed by atoms with Gasteiger partial charge in [0.1, 0.15) is 15.5 Å². The molecule has 1 atom stereocenters. The van der Waals surface area contributed by atoms with Crippen LogP contribution < -0.4 is 15.5 Å². The molecule has 6 rings (SSSR count). The molecular weight excluding hydrogens is 560 g/mol. The molecule has 1 saturated carbocycles. The first kappa shape index (κ1) is 27.8. The lowest BCUT2D eigenvalue weighted by atomic mass is 10.1. The first-order valence-electron chi connectivity index (χ1n) is 13.7. The molecule has 0 radical (unpaired) electrons. The van der Waals surface area contributed by atoms with Crippen LogP contribution in [0.4, 0.5) is 22.0 Å². The van der Waals surface area contributed by atoms with Gasteiger partial charge < -0.3 is 24.8 Å². The third-order valence-corrected chi connectivity index (χ3v) is 10.4. The average Bonchev–Trinajstić information content (AvgIpc) is 3.59. The van der Waals surface area contributed by atoms with Gasteiger partial charge in [-0.3, -0.25) is 4.68 Å². The lowest BCUT2D eigenvalue weighted by Crippen LogP contribution is -2.44. The van der Waals surface area contributed by atoms with Crippen molar-refractivity contribution >= 4 is 33.1 Å². The van der Waals surface area contributed by atoms with E-state index in [4.69, 9.17) is 19.2 Å². The minimum atomic E-state index is -3.85. The summed E-state index contributed by atoms with van der Waals surface area (Å²) >= 11 is 0. The fourth-order valence-corrected chi connectivity index (χ4v) is 7.58. The SMILES string of the molecule is Cc1noc(C)c1S(=O)(=O)C1(c2cc(N3CCOC[C@@H]3C)nc(-c3ccc(NC(=O)Nc4cnn(C)c4)cc3)n2)CC1. The first-order valence-corrected chi connectivity index (χ1v) is 15.1. The molecule has 2 aliphatic rings. The number of carbonyl (C=O) groups is 1. The summed E-state index contributed by atoms with van der Waals surface area (Å²) in [6.45, 7) is 7.00. The Balaban J connectivity index is 1.35. The van der Waals surface area contributed by atoms with E-state index in [2.05, 4.69) is 25.8 Å². The van der Waals surface area contributed by atoms with Gasteiger partial charge in [-0.2, -0.15) is 5.10 Å². The topological polar surface area (TPSA) is 157 Å². The summed E-state index contributed by atoms with van der Waals surface area (Å²) in [4.78, 5) is 24.4. The Kier molecular flexibility index (Phi) is 6.97. The Morgan fingerprint density at radius 3 is 2.45 bits per heavy atom. The first-order chi connectivity index (χ1) is 20.1. The molecule has 2 amide bonds. The molecule has 1 saturated heterocycles. The van der Waals surface area contributed by atoms with Gasteiger partial charge in [-0.1, -0.05) is 5.16 Å². The second-order valence-corrected chi connectivity index (χ2v) is 13.0. The number of anilines is 3. The van der Waals surface area contributed by atoms with Crippen LogP contribution >= 0.6 is 0 Å². The van der Waals surface area contributed by atoms with Gasteiger partial charge in [0, 0.05) is 37.1 Å². The molecule has 4 heterocycles. The largest absolute Gasteiger partial charge is 0.377 e. The number of urea groups is 1. The molecule has 0 spiro atoms. The number of nitrogens with zero attached hydrogens (tertiary/aromatic N) is 6. The van der Waals surface area contributed by atoms with Crippen molar-refractivity contribution in [3.8, 4) is 11.4 Å². The molecule has 4 aromatic rings. The average molecular weight is 593 g/mol. The van der Waals surface area contributed by atoms with Gasteiger partial charge in [-0.05, 0) is 57.9 Å². The van der Waals surface area contributed by atoms with E-state index in [1.165, 1.54) is 0 Å². The molecule has 1 aromatic carbocycles. The van der Waals surface area contributed by atoms with Gasteiger partial charge in [-0.25, -0.2) is 23.2 Å². The van der Waals surface area contributed by atoms with Crippen molar-refractivity contribution in [2.45, 2.75) is 49.3 Å². The maximum atomic E-state index is 14.1. The lowest BCUT2D eigenvalue weighted by molar-refractivity contribution is 0.0985. The number of amides is 2. The van der Waals surface area contributed by atoms with E-state index in [1.54, 1.807) is 68.3 Å². The van der Waals surface area contributed by atoms with Gasteiger partial charge in [0.2, 0.25) is 0 Å². The van der Waals surface area contributed by atoms with Gasteiger partial charge in [-0.15, -0.1) is 0 Å². The standard InChI is InChI=1S/C28H32N8O5S/c1-17-16-40-12-11-36(17)24-13-23(28(9-10-28)42(38,39)25-18(2)34-41-19(25)3)32-26(33-24)20-5-7-21(8-6-20)30-27(37)31-22-14-29-35(4)15-22/h5-8,13-15,17H,9-12,16H2,1-4H3,(H2,30,31,37)/t17-/m0/s1. The Bertz CT molecular complexity index is 1720. The molecule has 0 bridgehead atoms. The zero-order valence-corrected chi connectivity index (χ0v) is 24.6. The zero-order chi connectivity index (χ0) is 29.6. The van der Waals surface area contributed by atoms with Crippen molar-refractivity contribution in [2.24, 2.45) is 7.05 Å². The van der Waals surface area contributed by atoms with Crippen molar-refractivity contribution in [1.82, 2.24) is 24.9 Å². The van der Waals surface area contributed by atoms with Gasteiger partial charge in [0.25, 0.3) is 0 Å². The van der Waals surface area contributed by atoms with Crippen molar-refractivity contribution in [3.63, 3.8) is 0 Å². The smallest absolute Gasteiger partial charge is 0.323 e. The number of hydrogen-bond acceptors (Lipinski definition) is 10. The Morgan fingerprint density at radius 2 is 1.83 bits per heavy atom. The number of hydrogen-bond donors (Lipinski definition) is 2. The van der Waals surface area contributed by atoms with Gasteiger partial charge in [0.15, 0.2) is 21.4 Å². The third kappa shape index (κ3) is 5.00. The highest BCUT2D eigenvalue weighted by Gasteiger charge is 2.59. The number of benzene rings is 1. The van der Waals surface area contributed by atoms with E-state index in [-0.39, 0.29) is 16.7 Å². The van der Waals surface area contributed by atoms with E-state index >= 15 is 0 Å². The number of morpholine rings is 1. The number of aryl methyl sites for hydroxylation is 3. The maximum Gasteiger partial charge on any atom is 0.323 e. The number of nitrogens with one attached hydrogen (secondary N) is 2. The molecule has 14 heteroatoms. The van der Waals surface area contributed by atoms with E-state index in [9.17, 15) is 13.2 Å². The summed E-state index contributed by atoms with van der Waals surface area (Å²) in [6, 6.07) is 8.54. The molecule has 2 fully saturated rings. The number of rotatable bonds is 7. The van der Waals surface area contributed by atoms with Crippen molar-refractivity contribution in [3.05, 3.63) is 59.9 Å². The van der Waals surface area contributed by atoms with Crippen molar-refractivity contribution in [2.75, 3.05) is 35.3 Å². The molecule has 2 N–H and O–H groups in total. The van der Waals surface area contributed by atoms with Crippen LogP contribution in [-0.4, -0.2) is 65.2 Å². The zero-order valence-electron chi connectivity index (χ0n) is 23.8. The maximum absolute atomic E-state index is 14.1. The fourth-order valence-electron chi connectivity index (χ4n) is 5.32. The summed E-state index contributed by atoms with van der Waals surface area (Å²) in [5.41, 5.74) is 2.60. The van der Waals surface area contributed by atoms with E-state index in [0.29, 0.717) is 72.6 Å². The second-order valence-electron chi connectivity index (χ2n) is 10.8. The highest BCUT2D eigenvalue weighted by Crippen LogP contribution is 2.56. The third-order valence-electron chi connectivity index (χ3n) is 7.66. The van der Waals surface area contributed by atoms with Crippen LogP contribution in [0.5, 0.6) is 0 Å². The minimum Gasteiger partial charge on any atom is -0.377 e. The summed E-state index contributed by atoms with van der Waals surface area (Å²) in [5.74, 6) is 1.31. The van der Waals surface area contributed by atoms with Crippen LogP contribution in [0.3, 0.4) is 0 Å². The molecular formula is C28H32N8O5S. The molecule has 1 aliphatic carbocycles. The summed E-state index contributed by atoms with van der Waals surface area (Å²) in [6.07, 6.45) is 4.11. The summed E-state index contributed by atoms with van der Waals surface area (Å²) in [7, 11) is -2.09. The van der Waals surface area contributed by atoms with Crippen molar-refractivity contribution in [1.29, 1.82) is 0 Å². The normalized spacial score (nSPS) is 18.1. The fraction of sp³-hybridized carbons (Fsp3) is 0.393. The number of aromatic nitrogens is 5. The van der Waals surface area contributed by atoms with Gasteiger partial charge in [0.05, 0.1) is 42.5 Å². The van der Waals surface area contributed by atoms with Crippen LogP contribution in [-0.2, 0) is 26.4 Å². The van der Waals surface area contributed by atoms with Crippen LogP contribution in [0.15, 0.2) is 52.1 Å². The highest BCUT2D eigenvalue weighted by atomic mass is 32.2. The van der Waals surface area contributed by atoms with E-state index in [0.717, 1.165) is 0 Å². The minimum absolute atomic E-state index is 0.0496. The number of ether oxygens (including phenoxy) is 1. The molecule has 0 unspecified atom stereocenters. The predicted molar refractivity (Wildman–Crippen MR) is 155 cm³/mol. The number of sulfone groups is 1. The summed E-state index contributed by atoms with van der Waals surface area (Å²) in [5, 5.41) is 13.5. The number of carbonyl (C=O) groups excluding carboxylic acids is 1. The van der Waals surface area contributed by atoms with Crippen LogP contribution in [0, 0.1) is 13.8 Å². The Morgan fingerprint density at radius 1 is 1.10 bits per heavy atom. The molecule has 3 aromatic heterocycles. The highest BCUT2D eigenvalue weighted by molar-refractivity contribution is 7.92. The van der Waals surface area contributed by atoms with Crippen LogP contribution in [0.1, 0.15) is 36.9 Å². The van der Waals surface area contributed by atoms with Crippen molar-refractivity contribution < 1.29 is 22.5 Å². The summed E-state index contributed by atoms with van der Waals surface area (Å²) < 4.78 is 39.4. The Hall–Kier alpha value is -4.30. The lowest BCUT2D eigenvalue weighted by Gasteiger charge is -2.34. The molecule has 220 valence electrons. The second kappa shape index (κ2) is 10.5.